The lowest BCUT2D eigenvalue weighted by Gasteiger charge is -2.25. The van der Waals surface area contributed by atoms with Gasteiger partial charge in [0.25, 0.3) is 0 Å². The van der Waals surface area contributed by atoms with Gasteiger partial charge in [-0.25, -0.2) is 4.98 Å². The fourth-order valence-corrected chi connectivity index (χ4v) is 3.24. The van der Waals surface area contributed by atoms with Gasteiger partial charge in [0, 0.05) is 17.8 Å². The predicted molar refractivity (Wildman–Crippen MR) is 88.9 cm³/mol. The Morgan fingerprint density at radius 2 is 2.05 bits per heavy atom. The normalized spacial score (nSPS) is 18.5. The molecule has 1 saturated heterocycles. The van der Waals surface area contributed by atoms with Gasteiger partial charge in [-0.15, -0.1) is 0 Å². The number of hydrogen-bond donors (Lipinski definition) is 0. The Labute approximate surface area is 132 Å². The summed E-state index contributed by atoms with van der Waals surface area (Å²) in [6, 6.07) is 14.9. The molecule has 3 heteroatoms. The second kappa shape index (κ2) is 7.41. The van der Waals surface area contributed by atoms with E-state index in [1.807, 2.05) is 30.5 Å². The van der Waals surface area contributed by atoms with Gasteiger partial charge in [0.15, 0.2) is 0 Å². The highest BCUT2D eigenvalue weighted by Crippen LogP contribution is 2.36. The maximum atomic E-state index is 6.02. The van der Waals surface area contributed by atoms with E-state index in [9.17, 15) is 0 Å². The summed E-state index contributed by atoms with van der Waals surface area (Å²) >= 11 is 0. The van der Waals surface area contributed by atoms with Crippen LogP contribution in [0, 0.1) is 0 Å². The summed E-state index contributed by atoms with van der Waals surface area (Å²) in [5.41, 5.74) is 2.42. The molecular weight excluding hydrogens is 272 g/mol. The van der Waals surface area contributed by atoms with E-state index < -0.39 is 0 Å². The molecule has 0 aliphatic carbocycles. The molecule has 1 aliphatic heterocycles. The standard InChI is InChI=1S/C19H24N2O/c1-2-13-21-14-7-11-18(21)17-10-6-12-20-19(17)22-15-16-8-4-3-5-9-16/h3-6,8-10,12,18H,2,7,11,13-15H2,1H3. The summed E-state index contributed by atoms with van der Waals surface area (Å²) in [6.07, 6.45) is 5.48. The number of rotatable bonds is 6. The van der Waals surface area contributed by atoms with Crippen molar-refractivity contribution in [3.05, 3.63) is 59.8 Å². The SMILES string of the molecule is CCCN1CCCC1c1cccnc1OCc1ccccc1. The van der Waals surface area contributed by atoms with Gasteiger partial charge >= 0.3 is 0 Å². The molecule has 3 rings (SSSR count). The van der Waals surface area contributed by atoms with E-state index in [4.69, 9.17) is 4.74 Å². The van der Waals surface area contributed by atoms with E-state index >= 15 is 0 Å². The summed E-state index contributed by atoms with van der Waals surface area (Å²) < 4.78 is 6.02. The van der Waals surface area contributed by atoms with Crippen LogP contribution < -0.4 is 4.74 Å². The average Bonchev–Trinajstić information content (AvgIpc) is 3.03. The molecule has 0 N–H and O–H groups in total. The van der Waals surface area contributed by atoms with E-state index in [-0.39, 0.29) is 0 Å². The van der Waals surface area contributed by atoms with Crippen molar-refractivity contribution in [1.82, 2.24) is 9.88 Å². The first-order valence-corrected chi connectivity index (χ1v) is 8.24. The predicted octanol–water partition coefficient (Wildman–Crippen LogP) is 4.21. The molecule has 1 fully saturated rings. The minimum atomic E-state index is 0.458. The lowest BCUT2D eigenvalue weighted by molar-refractivity contribution is 0.239. The van der Waals surface area contributed by atoms with Crippen LogP contribution in [0.3, 0.4) is 0 Å². The maximum Gasteiger partial charge on any atom is 0.218 e. The molecule has 2 heterocycles. The highest BCUT2D eigenvalue weighted by Gasteiger charge is 2.28. The van der Waals surface area contributed by atoms with E-state index in [2.05, 4.69) is 35.0 Å². The molecule has 1 aromatic carbocycles. The molecule has 3 nitrogen and oxygen atoms in total. The zero-order valence-corrected chi connectivity index (χ0v) is 13.2. The van der Waals surface area contributed by atoms with Crippen LogP contribution in [0.15, 0.2) is 48.7 Å². The quantitative estimate of drug-likeness (QED) is 0.798. The fraction of sp³-hybridized carbons (Fsp3) is 0.421. The fourth-order valence-electron chi connectivity index (χ4n) is 3.24. The number of aromatic nitrogens is 1. The van der Waals surface area contributed by atoms with Gasteiger partial charge in [0.2, 0.25) is 5.88 Å². The van der Waals surface area contributed by atoms with Crippen molar-refractivity contribution >= 4 is 0 Å². The molecule has 0 spiro atoms. The van der Waals surface area contributed by atoms with E-state index in [0.717, 1.165) is 12.4 Å². The molecule has 1 aromatic heterocycles. The number of hydrogen-bond acceptors (Lipinski definition) is 3. The van der Waals surface area contributed by atoms with Crippen molar-refractivity contribution < 1.29 is 4.74 Å². The third-order valence-corrected chi connectivity index (χ3v) is 4.25. The molecule has 2 aromatic rings. The van der Waals surface area contributed by atoms with E-state index in [1.165, 1.54) is 36.9 Å². The van der Waals surface area contributed by atoms with Crippen LogP contribution in [-0.4, -0.2) is 23.0 Å². The van der Waals surface area contributed by atoms with Crippen LogP contribution in [0.4, 0.5) is 0 Å². The van der Waals surface area contributed by atoms with Crippen LogP contribution in [0.5, 0.6) is 5.88 Å². The Balaban J connectivity index is 1.75. The molecule has 1 aliphatic rings. The van der Waals surface area contributed by atoms with Crippen molar-refractivity contribution in [3.8, 4) is 5.88 Å². The number of likely N-dealkylation sites (tertiary alicyclic amines) is 1. The first-order chi connectivity index (χ1) is 10.9. The summed E-state index contributed by atoms with van der Waals surface area (Å²) in [5, 5.41) is 0. The summed E-state index contributed by atoms with van der Waals surface area (Å²) in [7, 11) is 0. The van der Waals surface area contributed by atoms with Gasteiger partial charge in [-0.2, -0.15) is 0 Å². The number of nitrogens with zero attached hydrogens (tertiary/aromatic N) is 2. The Morgan fingerprint density at radius 1 is 1.18 bits per heavy atom. The topological polar surface area (TPSA) is 25.4 Å². The van der Waals surface area contributed by atoms with Crippen molar-refractivity contribution in [2.75, 3.05) is 13.1 Å². The molecule has 116 valence electrons. The van der Waals surface area contributed by atoms with Crippen molar-refractivity contribution in [3.63, 3.8) is 0 Å². The molecule has 0 bridgehead atoms. The van der Waals surface area contributed by atoms with Crippen molar-refractivity contribution in [2.24, 2.45) is 0 Å². The van der Waals surface area contributed by atoms with Gasteiger partial charge in [-0.3, -0.25) is 4.90 Å². The highest BCUT2D eigenvalue weighted by molar-refractivity contribution is 5.30. The van der Waals surface area contributed by atoms with Crippen LogP contribution in [-0.2, 0) is 6.61 Å². The third-order valence-electron chi connectivity index (χ3n) is 4.25. The molecule has 22 heavy (non-hydrogen) atoms. The lowest BCUT2D eigenvalue weighted by Crippen LogP contribution is -2.24. The maximum absolute atomic E-state index is 6.02. The molecule has 1 atom stereocenters. The first-order valence-electron chi connectivity index (χ1n) is 8.24. The zero-order chi connectivity index (χ0) is 15.2. The summed E-state index contributed by atoms with van der Waals surface area (Å²) in [6.45, 7) is 5.15. The number of benzene rings is 1. The lowest BCUT2D eigenvalue weighted by atomic mass is 10.1. The first kappa shape index (κ1) is 15.0. The van der Waals surface area contributed by atoms with Crippen LogP contribution >= 0.6 is 0 Å². The average molecular weight is 296 g/mol. The molecule has 0 radical (unpaired) electrons. The molecule has 1 unspecified atom stereocenters. The number of pyridine rings is 1. The van der Waals surface area contributed by atoms with E-state index in [1.54, 1.807) is 0 Å². The van der Waals surface area contributed by atoms with Crippen molar-refractivity contribution in [1.29, 1.82) is 0 Å². The zero-order valence-electron chi connectivity index (χ0n) is 13.2. The minimum absolute atomic E-state index is 0.458. The number of ether oxygens (including phenoxy) is 1. The Kier molecular flexibility index (Phi) is 5.07. The van der Waals surface area contributed by atoms with E-state index in [0.29, 0.717) is 12.6 Å². The monoisotopic (exact) mass is 296 g/mol. The second-order valence-electron chi connectivity index (χ2n) is 5.87. The largest absolute Gasteiger partial charge is 0.473 e. The minimum Gasteiger partial charge on any atom is -0.473 e. The van der Waals surface area contributed by atoms with Gasteiger partial charge < -0.3 is 4.74 Å². The summed E-state index contributed by atoms with van der Waals surface area (Å²) in [4.78, 5) is 7.05. The molecule has 0 amide bonds. The van der Waals surface area contributed by atoms with Gasteiger partial charge in [-0.1, -0.05) is 43.3 Å². The van der Waals surface area contributed by atoms with Crippen LogP contribution in [0.1, 0.15) is 43.4 Å². The van der Waals surface area contributed by atoms with Crippen LogP contribution in [0.25, 0.3) is 0 Å². The van der Waals surface area contributed by atoms with Gasteiger partial charge in [0.1, 0.15) is 6.61 Å². The third kappa shape index (κ3) is 3.47. The second-order valence-corrected chi connectivity index (χ2v) is 5.87. The molecular formula is C19H24N2O. The van der Waals surface area contributed by atoms with Gasteiger partial charge in [-0.05, 0) is 44.0 Å². The Hall–Kier alpha value is -1.87. The summed E-state index contributed by atoms with van der Waals surface area (Å²) in [5.74, 6) is 0.791. The smallest absolute Gasteiger partial charge is 0.218 e. The highest BCUT2D eigenvalue weighted by atomic mass is 16.5. The molecule has 0 saturated carbocycles. The Bertz CT molecular complexity index is 585. The van der Waals surface area contributed by atoms with Crippen LogP contribution in [0.2, 0.25) is 0 Å². The van der Waals surface area contributed by atoms with Gasteiger partial charge in [0.05, 0.1) is 0 Å². The van der Waals surface area contributed by atoms with Crippen molar-refractivity contribution in [2.45, 2.75) is 38.8 Å². The Morgan fingerprint density at radius 3 is 2.86 bits per heavy atom.